The summed E-state index contributed by atoms with van der Waals surface area (Å²) < 4.78 is 0. The number of nitrogens with zero attached hydrogens (tertiary/aromatic N) is 2. The minimum Gasteiger partial charge on any atom is -0.480 e. The fourth-order valence-corrected chi connectivity index (χ4v) is 3.31. The first-order valence-electron chi connectivity index (χ1n) is 7.23. The summed E-state index contributed by atoms with van der Waals surface area (Å²) in [7, 11) is 2.12. The average molecular weight is 254 g/mol. The first kappa shape index (κ1) is 13.8. The number of hydrogen-bond donors (Lipinski definition) is 1. The predicted molar refractivity (Wildman–Crippen MR) is 71.6 cm³/mol. The van der Waals surface area contributed by atoms with Crippen molar-refractivity contribution >= 4 is 5.97 Å². The number of carbonyl (C=O) groups is 1. The van der Waals surface area contributed by atoms with Gasteiger partial charge in [-0.25, -0.2) is 0 Å². The number of piperidine rings is 2. The molecule has 1 atom stereocenters. The number of rotatable bonds is 3. The van der Waals surface area contributed by atoms with Gasteiger partial charge in [0, 0.05) is 0 Å². The molecule has 0 saturated carbocycles. The first-order chi connectivity index (χ1) is 8.58. The summed E-state index contributed by atoms with van der Waals surface area (Å²) in [6.07, 6.45) is 4.35. The van der Waals surface area contributed by atoms with Gasteiger partial charge < -0.3 is 10.0 Å². The number of aliphatic carboxylic acids is 1. The van der Waals surface area contributed by atoms with Crippen LogP contribution >= 0.6 is 0 Å². The molecule has 0 amide bonds. The largest absolute Gasteiger partial charge is 0.480 e. The van der Waals surface area contributed by atoms with E-state index in [0.717, 1.165) is 57.8 Å². The summed E-state index contributed by atoms with van der Waals surface area (Å²) in [6, 6.07) is -0.244. The Kier molecular flexibility index (Phi) is 4.62. The maximum absolute atomic E-state index is 11.6. The zero-order valence-electron chi connectivity index (χ0n) is 11.6. The second-order valence-corrected chi connectivity index (χ2v) is 6.14. The van der Waals surface area contributed by atoms with Gasteiger partial charge >= 0.3 is 5.97 Å². The van der Waals surface area contributed by atoms with E-state index < -0.39 is 5.97 Å². The van der Waals surface area contributed by atoms with Crippen LogP contribution in [0.2, 0.25) is 0 Å². The van der Waals surface area contributed by atoms with Gasteiger partial charge in [-0.3, -0.25) is 9.69 Å². The highest BCUT2D eigenvalue weighted by atomic mass is 16.4. The third-order valence-corrected chi connectivity index (χ3v) is 4.67. The van der Waals surface area contributed by atoms with Gasteiger partial charge in [0.25, 0.3) is 0 Å². The fourth-order valence-electron chi connectivity index (χ4n) is 3.31. The molecule has 0 aromatic carbocycles. The van der Waals surface area contributed by atoms with Crippen LogP contribution in [0.1, 0.15) is 32.6 Å². The van der Waals surface area contributed by atoms with Gasteiger partial charge in [-0.1, -0.05) is 6.92 Å². The molecule has 0 aromatic heterocycles. The summed E-state index contributed by atoms with van der Waals surface area (Å²) in [5.41, 5.74) is 0. The Balaban J connectivity index is 1.97. The molecular weight excluding hydrogens is 228 g/mol. The van der Waals surface area contributed by atoms with Crippen LogP contribution in [0.3, 0.4) is 0 Å². The van der Waals surface area contributed by atoms with Gasteiger partial charge in [0.05, 0.1) is 0 Å². The molecule has 0 aliphatic carbocycles. The lowest BCUT2D eigenvalue weighted by atomic mass is 9.86. The van der Waals surface area contributed by atoms with E-state index in [1.807, 2.05) is 0 Å². The van der Waals surface area contributed by atoms with E-state index in [1.54, 1.807) is 0 Å². The van der Waals surface area contributed by atoms with Gasteiger partial charge in [0.2, 0.25) is 0 Å². The van der Waals surface area contributed by atoms with Crippen LogP contribution in [-0.4, -0.2) is 60.1 Å². The van der Waals surface area contributed by atoms with Crippen molar-refractivity contribution in [3.05, 3.63) is 0 Å². The zero-order chi connectivity index (χ0) is 13.1. The molecule has 2 heterocycles. The fraction of sp³-hybridized carbons (Fsp3) is 0.929. The van der Waals surface area contributed by atoms with Crippen LogP contribution in [-0.2, 0) is 4.79 Å². The van der Waals surface area contributed by atoms with E-state index in [4.69, 9.17) is 0 Å². The van der Waals surface area contributed by atoms with Crippen molar-refractivity contribution in [2.75, 3.05) is 33.2 Å². The molecule has 0 spiro atoms. The van der Waals surface area contributed by atoms with Crippen molar-refractivity contribution in [2.45, 2.75) is 38.6 Å². The van der Waals surface area contributed by atoms with E-state index in [9.17, 15) is 9.90 Å². The third-order valence-electron chi connectivity index (χ3n) is 4.67. The summed E-state index contributed by atoms with van der Waals surface area (Å²) in [5.74, 6) is 0.486. The molecule has 2 aliphatic rings. The van der Waals surface area contributed by atoms with Gasteiger partial charge in [-0.2, -0.15) is 0 Å². The second-order valence-electron chi connectivity index (χ2n) is 6.14. The lowest BCUT2D eigenvalue weighted by molar-refractivity contribution is -0.147. The average Bonchev–Trinajstić information content (AvgIpc) is 2.34. The normalized spacial score (nSPS) is 27.2. The minimum atomic E-state index is -0.612. The molecular formula is C14H26N2O2. The molecule has 2 rings (SSSR count). The molecule has 0 aromatic rings. The van der Waals surface area contributed by atoms with Crippen molar-refractivity contribution in [1.29, 1.82) is 0 Å². The van der Waals surface area contributed by atoms with Crippen molar-refractivity contribution < 1.29 is 9.90 Å². The highest BCUT2D eigenvalue weighted by Crippen LogP contribution is 2.27. The Hall–Kier alpha value is -0.610. The maximum atomic E-state index is 11.6. The lowest BCUT2D eigenvalue weighted by Crippen LogP contribution is -2.51. The van der Waals surface area contributed by atoms with E-state index in [1.165, 1.54) is 0 Å². The zero-order valence-corrected chi connectivity index (χ0v) is 11.6. The van der Waals surface area contributed by atoms with E-state index in [-0.39, 0.29) is 6.04 Å². The third kappa shape index (κ3) is 3.23. The minimum absolute atomic E-state index is 0.244. The molecule has 2 fully saturated rings. The van der Waals surface area contributed by atoms with Crippen LogP contribution < -0.4 is 0 Å². The summed E-state index contributed by atoms with van der Waals surface area (Å²) in [4.78, 5) is 16.1. The molecule has 2 saturated heterocycles. The molecule has 0 bridgehead atoms. The molecule has 1 unspecified atom stereocenters. The Morgan fingerprint density at radius 1 is 1.11 bits per heavy atom. The predicted octanol–water partition coefficient (Wildman–Crippen LogP) is 1.51. The maximum Gasteiger partial charge on any atom is 0.321 e. The molecule has 2 aliphatic heterocycles. The topological polar surface area (TPSA) is 43.8 Å². The van der Waals surface area contributed by atoms with Crippen molar-refractivity contribution in [2.24, 2.45) is 11.8 Å². The molecule has 18 heavy (non-hydrogen) atoms. The molecule has 4 heteroatoms. The molecule has 4 nitrogen and oxygen atoms in total. The van der Waals surface area contributed by atoms with E-state index in [0.29, 0.717) is 5.92 Å². The van der Waals surface area contributed by atoms with Gasteiger partial charge in [-0.05, 0) is 70.7 Å². The lowest BCUT2D eigenvalue weighted by Gasteiger charge is -2.40. The molecule has 104 valence electrons. The van der Waals surface area contributed by atoms with Crippen LogP contribution in [0.5, 0.6) is 0 Å². The summed E-state index contributed by atoms with van der Waals surface area (Å²) >= 11 is 0. The van der Waals surface area contributed by atoms with Crippen LogP contribution in [0, 0.1) is 11.8 Å². The monoisotopic (exact) mass is 254 g/mol. The van der Waals surface area contributed by atoms with Crippen LogP contribution in [0.4, 0.5) is 0 Å². The van der Waals surface area contributed by atoms with Gasteiger partial charge in [-0.15, -0.1) is 0 Å². The smallest absolute Gasteiger partial charge is 0.321 e. The Labute approximate surface area is 110 Å². The summed E-state index contributed by atoms with van der Waals surface area (Å²) in [5, 5.41) is 9.55. The van der Waals surface area contributed by atoms with Crippen molar-refractivity contribution in [3.8, 4) is 0 Å². The van der Waals surface area contributed by atoms with Crippen molar-refractivity contribution in [1.82, 2.24) is 9.80 Å². The Morgan fingerprint density at radius 2 is 1.67 bits per heavy atom. The van der Waals surface area contributed by atoms with Crippen LogP contribution in [0.25, 0.3) is 0 Å². The highest BCUT2D eigenvalue weighted by Gasteiger charge is 2.36. The standard InChI is InChI=1S/C14H26N2O2/c1-11-3-9-16(10-4-11)13(14(17)18)12-5-7-15(2)8-6-12/h11-13H,3-10H2,1-2H3,(H,17,18). The molecule has 0 radical (unpaired) electrons. The number of carboxylic acids is 1. The van der Waals surface area contributed by atoms with Gasteiger partial charge in [0.15, 0.2) is 0 Å². The van der Waals surface area contributed by atoms with Gasteiger partial charge in [0.1, 0.15) is 6.04 Å². The van der Waals surface area contributed by atoms with Crippen LogP contribution in [0.15, 0.2) is 0 Å². The molecule has 1 N–H and O–H groups in total. The number of hydrogen-bond acceptors (Lipinski definition) is 3. The van der Waals surface area contributed by atoms with E-state index in [2.05, 4.69) is 23.8 Å². The Morgan fingerprint density at radius 3 is 2.17 bits per heavy atom. The number of likely N-dealkylation sites (tertiary alicyclic amines) is 2. The van der Waals surface area contributed by atoms with Crippen molar-refractivity contribution in [3.63, 3.8) is 0 Å². The number of carboxylic acid groups (broad SMARTS) is 1. The highest BCUT2D eigenvalue weighted by molar-refractivity contribution is 5.74. The second kappa shape index (κ2) is 6.02. The van der Waals surface area contributed by atoms with E-state index >= 15 is 0 Å². The SMILES string of the molecule is CC1CCN(C(C(=O)O)C2CCN(C)CC2)CC1. The first-order valence-corrected chi connectivity index (χ1v) is 7.23. The Bertz CT molecular complexity index is 258. The quantitative estimate of drug-likeness (QED) is 0.829. The summed E-state index contributed by atoms with van der Waals surface area (Å²) in [6.45, 7) is 6.27.